The van der Waals surface area contributed by atoms with E-state index >= 15 is 0 Å². The number of carbonyl (C=O) groups is 1. The Labute approximate surface area is 147 Å². The number of amides is 1. The summed E-state index contributed by atoms with van der Waals surface area (Å²) < 4.78 is 39.8. The molecule has 2 aliphatic heterocycles. The molecule has 2 aromatic rings. The number of hydrogen-bond acceptors (Lipinski definition) is 3. The highest BCUT2D eigenvalue weighted by atomic mass is 32.2. The van der Waals surface area contributed by atoms with E-state index in [0.29, 0.717) is 24.4 Å². The maximum absolute atomic E-state index is 13.3. The third kappa shape index (κ3) is 3.14. The van der Waals surface area contributed by atoms with Crippen LogP contribution in [-0.2, 0) is 17.4 Å². The molecule has 7 heteroatoms. The van der Waals surface area contributed by atoms with Gasteiger partial charge in [-0.1, -0.05) is 30.0 Å². The molecule has 0 radical (unpaired) electrons. The summed E-state index contributed by atoms with van der Waals surface area (Å²) in [6.45, 7) is 1.12. The Morgan fingerprint density at radius 1 is 1.16 bits per heavy atom. The van der Waals surface area contributed by atoms with Crippen LogP contribution in [0, 0.1) is 5.92 Å². The van der Waals surface area contributed by atoms with E-state index in [9.17, 15) is 18.0 Å². The van der Waals surface area contributed by atoms with Gasteiger partial charge in [-0.05, 0) is 29.3 Å². The second-order valence-electron chi connectivity index (χ2n) is 6.23. The van der Waals surface area contributed by atoms with Crippen molar-refractivity contribution in [3.8, 4) is 0 Å². The SMILES string of the molecule is O=C(Nc1cc(C(F)(F)F)cc2c1Cc1ccccc1S2)C1CNC1. The van der Waals surface area contributed by atoms with Crippen molar-refractivity contribution in [2.45, 2.75) is 22.4 Å². The van der Waals surface area contributed by atoms with Gasteiger partial charge in [0.25, 0.3) is 0 Å². The first kappa shape index (κ1) is 16.5. The second kappa shape index (κ2) is 6.07. The molecule has 1 saturated heterocycles. The number of halogens is 3. The van der Waals surface area contributed by atoms with Crippen molar-refractivity contribution in [1.29, 1.82) is 0 Å². The van der Waals surface area contributed by atoms with Gasteiger partial charge in [0, 0.05) is 35.0 Å². The Bertz CT molecular complexity index is 847. The Hall–Kier alpha value is -1.99. The van der Waals surface area contributed by atoms with Gasteiger partial charge in [-0.2, -0.15) is 13.2 Å². The molecule has 2 aliphatic rings. The minimum absolute atomic E-state index is 0.186. The number of hydrogen-bond donors (Lipinski definition) is 2. The molecule has 0 spiro atoms. The summed E-state index contributed by atoms with van der Waals surface area (Å²) in [5, 5.41) is 5.72. The van der Waals surface area contributed by atoms with Crippen LogP contribution in [0.25, 0.3) is 0 Å². The zero-order valence-electron chi connectivity index (χ0n) is 13.1. The predicted octanol–water partition coefficient (Wildman–Crippen LogP) is 3.92. The molecule has 0 saturated carbocycles. The first-order chi connectivity index (χ1) is 11.9. The smallest absolute Gasteiger partial charge is 0.325 e. The molecular weight excluding hydrogens is 349 g/mol. The van der Waals surface area contributed by atoms with Gasteiger partial charge >= 0.3 is 6.18 Å². The van der Waals surface area contributed by atoms with E-state index in [2.05, 4.69) is 10.6 Å². The summed E-state index contributed by atoms with van der Waals surface area (Å²) in [4.78, 5) is 13.8. The van der Waals surface area contributed by atoms with Gasteiger partial charge in [-0.3, -0.25) is 4.79 Å². The third-order valence-electron chi connectivity index (χ3n) is 4.51. The van der Waals surface area contributed by atoms with E-state index in [4.69, 9.17) is 0 Å². The molecule has 2 aromatic carbocycles. The molecule has 2 heterocycles. The standard InChI is InChI=1S/C18H15F3N2OS/c19-18(20,21)12-6-14(23-17(24)11-8-22-9-11)13-5-10-3-1-2-4-15(10)25-16(13)7-12/h1-4,6-7,11,22H,5,8-9H2,(H,23,24). The summed E-state index contributed by atoms with van der Waals surface area (Å²) in [7, 11) is 0. The fraction of sp³-hybridized carbons (Fsp3) is 0.278. The fourth-order valence-electron chi connectivity index (χ4n) is 2.96. The summed E-state index contributed by atoms with van der Waals surface area (Å²) in [5.41, 5.74) is 1.33. The van der Waals surface area contributed by atoms with Crippen molar-refractivity contribution < 1.29 is 18.0 Å². The lowest BCUT2D eigenvalue weighted by molar-refractivity contribution is -0.137. The lowest BCUT2D eigenvalue weighted by Crippen LogP contribution is -2.48. The molecule has 1 fully saturated rings. The molecule has 0 aliphatic carbocycles. The van der Waals surface area contributed by atoms with E-state index in [-0.39, 0.29) is 17.5 Å². The van der Waals surface area contributed by atoms with Crippen LogP contribution in [0.2, 0.25) is 0 Å². The molecule has 0 unspecified atom stereocenters. The third-order valence-corrected chi connectivity index (χ3v) is 5.71. The van der Waals surface area contributed by atoms with Crippen molar-refractivity contribution in [2.75, 3.05) is 18.4 Å². The molecule has 4 rings (SSSR count). The Morgan fingerprint density at radius 3 is 2.60 bits per heavy atom. The van der Waals surface area contributed by atoms with Crippen molar-refractivity contribution >= 4 is 23.4 Å². The van der Waals surface area contributed by atoms with Crippen molar-refractivity contribution in [3.05, 3.63) is 53.1 Å². The molecule has 25 heavy (non-hydrogen) atoms. The molecule has 130 valence electrons. The number of rotatable bonds is 2. The zero-order valence-corrected chi connectivity index (χ0v) is 13.9. The fourth-order valence-corrected chi connectivity index (χ4v) is 4.11. The van der Waals surface area contributed by atoms with Crippen molar-refractivity contribution in [1.82, 2.24) is 5.32 Å². The maximum Gasteiger partial charge on any atom is 0.416 e. The van der Waals surface area contributed by atoms with E-state index < -0.39 is 11.7 Å². The zero-order chi connectivity index (χ0) is 17.6. The number of anilines is 1. The van der Waals surface area contributed by atoms with Crippen LogP contribution < -0.4 is 10.6 Å². The first-order valence-electron chi connectivity index (χ1n) is 7.93. The van der Waals surface area contributed by atoms with Gasteiger partial charge in [-0.15, -0.1) is 0 Å². The number of nitrogens with one attached hydrogen (secondary N) is 2. The van der Waals surface area contributed by atoms with Crippen LogP contribution in [0.4, 0.5) is 18.9 Å². The summed E-state index contributed by atoms with van der Waals surface area (Å²) >= 11 is 1.32. The van der Waals surface area contributed by atoms with Crippen molar-refractivity contribution in [3.63, 3.8) is 0 Å². The molecule has 2 N–H and O–H groups in total. The minimum Gasteiger partial charge on any atom is -0.325 e. The molecule has 0 atom stereocenters. The van der Waals surface area contributed by atoms with Gasteiger partial charge in [0.05, 0.1) is 11.5 Å². The quantitative estimate of drug-likeness (QED) is 0.724. The average molecular weight is 364 g/mol. The topological polar surface area (TPSA) is 41.1 Å². The van der Waals surface area contributed by atoms with Gasteiger partial charge < -0.3 is 10.6 Å². The first-order valence-corrected chi connectivity index (χ1v) is 8.75. The molecule has 0 bridgehead atoms. The minimum atomic E-state index is -4.45. The van der Waals surface area contributed by atoms with Crippen LogP contribution >= 0.6 is 11.8 Å². The number of benzene rings is 2. The molecule has 1 amide bonds. The van der Waals surface area contributed by atoms with Crippen LogP contribution in [0.1, 0.15) is 16.7 Å². The van der Waals surface area contributed by atoms with E-state index in [1.807, 2.05) is 24.3 Å². The van der Waals surface area contributed by atoms with Gasteiger partial charge in [-0.25, -0.2) is 0 Å². The van der Waals surface area contributed by atoms with Crippen LogP contribution in [0.15, 0.2) is 46.2 Å². The monoisotopic (exact) mass is 364 g/mol. The normalized spacial score (nSPS) is 16.6. The number of fused-ring (bicyclic) bond motifs is 2. The largest absolute Gasteiger partial charge is 0.416 e. The van der Waals surface area contributed by atoms with Crippen molar-refractivity contribution in [2.24, 2.45) is 5.92 Å². The van der Waals surface area contributed by atoms with Gasteiger partial charge in [0.15, 0.2) is 0 Å². The van der Waals surface area contributed by atoms with E-state index in [1.54, 1.807) is 0 Å². The lowest BCUT2D eigenvalue weighted by atomic mass is 9.98. The Balaban J connectivity index is 1.75. The van der Waals surface area contributed by atoms with Crippen LogP contribution in [0.3, 0.4) is 0 Å². The second-order valence-corrected chi connectivity index (χ2v) is 7.31. The van der Waals surface area contributed by atoms with Crippen LogP contribution in [-0.4, -0.2) is 19.0 Å². The Morgan fingerprint density at radius 2 is 1.92 bits per heavy atom. The van der Waals surface area contributed by atoms with Gasteiger partial charge in [0.2, 0.25) is 5.91 Å². The molecular formula is C18H15F3N2OS. The highest BCUT2D eigenvalue weighted by Crippen LogP contribution is 2.45. The van der Waals surface area contributed by atoms with Crippen LogP contribution in [0.5, 0.6) is 0 Å². The molecule has 0 aromatic heterocycles. The highest BCUT2D eigenvalue weighted by Gasteiger charge is 2.34. The van der Waals surface area contributed by atoms with Gasteiger partial charge in [0.1, 0.15) is 0 Å². The van der Waals surface area contributed by atoms with E-state index in [0.717, 1.165) is 22.1 Å². The predicted molar refractivity (Wildman–Crippen MR) is 89.8 cm³/mol. The number of carbonyl (C=O) groups excluding carboxylic acids is 1. The van der Waals surface area contributed by atoms with E-state index in [1.165, 1.54) is 17.8 Å². The summed E-state index contributed by atoms with van der Waals surface area (Å²) in [5.74, 6) is -0.419. The Kier molecular flexibility index (Phi) is 4.00. The average Bonchev–Trinajstić information content (AvgIpc) is 2.50. The highest BCUT2D eigenvalue weighted by molar-refractivity contribution is 7.99. The number of alkyl halides is 3. The summed E-state index contributed by atoms with van der Waals surface area (Å²) in [6.07, 6.45) is -3.95. The summed E-state index contributed by atoms with van der Waals surface area (Å²) in [6, 6.07) is 9.88. The molecule has 3 nitrogen and oxygen atoms in total. The lowest BCUT2D eigenvalue weighted by Gasteiger charge is -2.28. The maximum atomic E-state index is 13.3.